The van der Waals surface area contributed by atoms with E-state index < -0.39 is 0 Å². The summed E-state index contributed by atoms with van der Waals surface area (Å²) in [5.41, 5.74) is 11.8. The van der Waals surface area contributed by atoms with Crippen LogP contribution in [0.5, 0.6) is 0 Å². The van der Waals surface area contributed by atoms with Gasteiger partial charge in [0.05, 0.1) is 5.52 Å². The van der Waals surface area contributed by atoms with Crippen molar-refractivity contribution < 1.29 is 0 Å². The Labute approximate surface area is 96.1 Å². The quantitative estimate of drug-likeness (QED) is 0.718. The molecular formula is C14H18N2. The van der Waals surface area contributed by atoms with Crippen LogP contribution in [0.4, 0.5) is 0 Å². The first-order valence-corrected chi connectivity index (χ1v) is 6.02. The molecule has 0 saturated heterocycles. The zero-order chi connectivity index (χ0) is 11.3. The molecule has 1 heterocycles. The van der Waals surface area contributed by atoms with E-state index in [1.807, 2.05) is 0 Å². The van der Waals surface area contributed by atoms with Crippen molar-refractivity contribution in [1.29, 1.82) is 0 Å². The van der Waals surface area contributed by atoms with Crippen LogP contribution in [0.1, 0.15) is 35.7 Å². The van der Waals surface area contributed by atoms with Gasteiger partial charge in [-0.1, -0.05) is 18.2 Å². The second kappa shape index (κ2) is 3.36. The normalized spacial score (nSPS) is 20.1. The molecule has 0 bridgehead atoms. The molecule has 1 unspecified atom stereocenters. The van der Waals surface area contributed by atoms with Gasteiger partial charge in [-0.2, -0.15) is 0 Å². The number of fused-ring (bicyclic) bond motifs is 3. The van der Waals surface area contributed by atoms with Crippen molar-refractivity contribution in [1.82, 2.24) is 4.57 Å². The molecule has 1 aliphatic carbocycles. The summed E-state index contributed by atoms with van der Waals surface area (Å²) in [5.74, 6) is 0. The summed E-state index contributed by atoms with van der Waals surface area (Å²) in [6.07, 6.45) is 3.53. The lowest BCUT2D eigenvalue weighted by Gasteiger charge is -2.20. The van der Waals surface area contributed by atoms with Crippen LogP contribution in [-0.4, -0.2) is 4.57 Å². The number of rotatable bonds is 0. The van der Waals surface area contributed by atoms with Crippen LogP contribution in [0, 0.1) is 6.92 Å². The SMILES string of the molecule is Cc1cccc2c3c(n(C)c12)C(N)CCC3. The Morgan fingerprint density at radius 1 is 1.38 bits per heavy atom. The lowest BCUT2D eigenvalue weighted by Crippen LogP contribution is -2.19. The molecule has 1 aromatic carbocycles. The number of aryl methyl sites for hydroxylation is 3. The molecule has 1 aromatic heterocycles. The molecular weight excluding hydrogens is 196 g/mol. The van der Waals surface area contributed by atoms with Crippen LogP contribution in [0.25, 0.3) is 10.9 Å². The predicted octanol–water partition coefficient (Wildman–Crippen LogP) is 2.82. The minimum absolute atomic E-state index is 0.223. The van der Waals surface area contributed by atoms with E-state index in [1.54, 1.807) is 0 Å². The van der Waals surface area contributed by atoms with E-state index in [9.17, 15) is 0 Å². The average molecular weight is 214 g/mol. The van der Waals surface area contributed by atoms with E-state index in [4.69, 9.17) is 5.73 Å². The van der Waals surface area contributed by atoms with Gasteiger partial charge in [0.2, 0.25) is 0 Å². The van der Waals surface area contributed by atoms with Gasteiger partial charge in [0, 0.05) is 24.2 Å². The van der Waals surface area contributed by atoms with Crippen molar-refractivity contribution in [3.8, 4) is 0 Å². The van der Waals surface area contributed by atoms with Crippen molar-refractivity contribution in [3.05, 3.63) is 35.0 Å². The number of aromatic nitrogens is 1. The van der Waals surface area contributed by atoms with Gasteiger partial charge in [-0.05, 0) is 37.3 Å². The monoisotopic (exact) mass is 214 g/mol. The molecule has 3 rings (SSSR count). The summed E-state index contributed by atoms with van der Waals surface area (Å²) < 4.78 is 2.31. The molecule has 0 saturated carbocycles. The summed E-state index contributed by atoms with van der Waals surface area (Å²) in [7, 11) is 2.15. The van der Waals surface area contributed by atoms with Crippen molar-refractivity contribution in [2.24, 2.45) is 12.8 Å². The molecule has 2 N–H and O–H groups in total. The molecule has 0 spiro atoms. The van der Waals surface area contributed by atoms with Crippen LogP contribution in [0.15, 0.2) is 18.2 Å². The average Bonchev–Trinajstić information content (AvgIpc) is 2.56. The summed E-state index contributed by atoms with van der Waals surface area (Å²) in [6.45, 7) is 2.18. The van der Waals surface area contributed by atoms with Crippen molar-refractivity contribution in [3.63, 3.8) is 0 Å². The first-order valence-electron chi connectivity index (χ1n) is 6.02. The maximum absolute atomic E-state index is 6.24. The zero-order valence-corrected chi connectivity index (χ0v) is 9.96. The second-order valence-electron chi connectivity index (χ2n) is 4.89. The fourth-order valence-electron chi connectivity index (χ4n) is 3.18. The lowest BCUT2D eigenvalue weighted by molar-refractivity contribution is 0.542. The smallest absolute Gasteiger partial charge is 0.0512 e. The fourth-order valence-corrected chi connectivity index (χ4v) is 3.18. The topological polar surface area (TPSA) is 30.9 Å². The summed E-state index contributed by atoms with van der Waals surface area (Å²) >= 11 is 0. The number of para-hydroxylation sites is 1. The molecule has 2 heteroatoms. The van der Waals surface area contributed by atoms with Crippen LogP contribution >= 0.6 is 0 Å². The van der Waals surface area contributed by atoms with Gasteiger partial charge >= 0.3 is 0 Å². The van der Waals surface area contributed by atoms with E-state index in [2.05, 4.69) is 36.7 Å². The molecule has 0 radical (unpaired) electrons. The Morgan fingerprint density at radius 3 is 3.00 bits per heavy atom. The van der Waals surface area contributed by atoms with Gasteiger partial charge in [0.15, 0.2) is 0 Å². The van der Waals surface area contributed by atoms with Crippen molar-refractivity contribution >= 4 is 10.9 Å². The lowest BCUT2D eigenvalue weighted by atomic mass is 9.92. The van der Waals surface area contributed by atoms with Crippen LogP contribution < -0.4 is 5.73 Å². The Bertz CT molecular complexity index is 551. The third-order valence-corrected chi connectivity index (χ3v) is 3.86. The standard InChI is InChI=1S/C14H18N2/c1-9-5-3-6-10-11-7-4-8-12(15)14(11)16(2)13(9)10/h3,5-6,12H,4,7-8,15H2,1-2H3. The highest BCUT2D eigenvalue weighted by Crippen LogP contribution is 2.36. The highest BCUT2D eigenvalue weighted by molar-refractivity contribution is 5.88. The summed E-state index contributed by atoms with van der Waals surface area (Å²) in [6, 6.07) is 6.79. The van der Waals surface area contributed by atoms with E-state index in [0.29, 0.717) is 0 Å². The van der Waals surface area contributed by atoms with Crippen molar-refractivity contribution in [2.45, 2.75) is 32.2 Å². The summed E-state index contributed by atoms with van der Waals surface area (Å²) in [5, 5.41) is 1.41. The Morgan fingerprint density at radius 2 is 2.19 bits per heavy atom. The van der Waals surface area contributed by atoms with E-state index >= 15 is 0 Å². The van der Waals surface area contributed by atoms with Gasteiger partial charge in [0.1, 0.15) is 0 Å². The predicted molar refractivity (Wildman–Crippen MR) is 67.5 cm³/mol. The zero-order valence-electron chi connectivity index (χ0n) is 9.96. The molecule has 0 aliphatic heterocycles. The highest BCUT2D eigenvalue weighted by atomic mass is 15.0. The Hall–Kier alpha value is -1.28. The largest absolute Gasteiger partial charge is 0.346 e. The minimum Gasteiger partial charge on any atom is -0.346 e. The number of nitrogens with two attached hydrogens (primary N) is 1. The van der Waals surface area contributed by atoms with Gasteiger partial charge in [-0.15, -0.1) is 0 Å². The van der Waals surface area contributed by atoms with E-state index in [1.165, 1.54) is 40.6 Å². The number of hydrogen-bond acceptors (Lipinski definition) is 1. The van der Waals surface area contributed by atoms with Crippen LogP contribution in [0.3, 0.4) is 0 Å². The molecule has 2 aromatic rings. The molecule has 16 heavy (non-hydrogen) atoms. The number of benzene rings is 1. The molecule has 0 amide bonds. The third-order valence-electron chi connectivity index (χ3n) is 3.86. The third kappa shape index (κ3) is 1.17. The van der Waals surface area contributed by atoms with Gasteiger partial charge in [-0.3, -0.25) is 0 Å². The minimum atomic E-state index is 0.223. The maximum Gasteiger partial charge on any atom is 0.0512 e. The molecule has 84 valence electrons. The fraction of sp³-hybridized carbons (Fsp3) is 0.429. The van der Waals surface area contributed by atoms with Crippen LogP contribution in [-0.2, 0) is 13.5 Å². The maximum atomic E-state index is 6.24. The first kappa shape index (κ1) is 9.91. The van der Waals surface area contributed by atoms with Gasteiger partial charge in [-0.25, -0.2) is 0 Å². The van der Waals surface area contributed by atoms with E-state index in [0.717, 1.165) is 6.42 Å². The summed E-state index contributed by atoms with van der Waals surface area (Å²) in [4.78, 5) is 0. The van der Waals surface area contributed by atoms with Gasteiger partial charge < -0.3 is 10.3 Å². The van der Waals surface area contributed by atoms with E-state index in [-0.39, 0.29) is 6.04 Å². The van der Waals surface area contributed by atoms with Gasteiger partial charge in [0.25, 0.3) is 0 Å². The van der Waals surface area contributed by atoms with Crippen LogP contribution in [0.2, 0.25) is 0 Å². The molecule has 1 aliphatic rings. The highest BCUT2D eigenvalue weighted by Gasteiger charge is 2.24. The molecule has 2 nitrogen and oxygen atoms in total. The second-order valence-corrected chi connectivity index (χ2v) is 4.89. The molecule has 1 atom stereocenters. The number of hydrogen-bond donors (Lipinski definition) is 1. The Kier molecular flexibility index (Phi) is 2.08. The van der Waals surface area contributed by atoms with Crippen molar-refractivity contribution in [2.75, 3.05) is 0 Å². The Balaban J connectivity index is 2.43. The first-order chi connectivity index (χ1) is 7.70. The number of nitrogens with zero attached hydrogens (tertiary/aromatic N) is 1. The molecule has 0 fully saturated rings.